The normalized spacial score (nSPS) is 15.7. The lowest BCUT2D eigenvalue weighted by Crippen LogP contribution is -2.49. The Morgan fingerprint density at radius 1 is 1.02 bits per heavy atom. The molecule has 4 aromatic rings. The van der Waals surface area contributed by atoms with E-state index in [-0.39, 0.29) is 25.3 Å². The molecule has 204 valence electrons. The van der Waals surface area contributed by atoms with Gasteiger partial charge in [-0.2, -0.15) is 0 Å². The Kier molecular flexibility index (Phi) is 8.27. The van der Waals surface area contributed by atoms with E-state index in [1.165, 1.54) is 12.1 Å². The predicted octanol–water partition coefficient (Wildman–Crippen LogP) is 4.80. The molecule has 0 bridgehead atoms. The first-order chi connectivity index (χ1) is 19.3. The number of carbonyl (C=O) groups is 3. The van der Waals surface area contributed by atoms with Crippen LogP contribution in [0.5, 0.6) is 5.75 Å². The maximum absolute atomic E-state index is 14.6. The number of hydrogen-bond acceptors (Lipinski definition) is 5. The third-order valence-corrected chi connectivity index (χ3v) is 7.26. The quantitative estimate of drug-likeness (QED) is 0.178. The van der Waals surface area contributed by atoms with Crippen LogP contribution >= 0.6 is 22.6 Å². The van der Waals surface area contributed by atoms with Gasteiger partial charge in [-0.3, -0.25) is 9.59 Å². The third-order valence-electron chi connectivity index (χ3n) is 6.59. The van der Waals surface area contributed by atoms with Gasteiger partial charge in [0.05, 0.1) is 12.3 Å². The molecule has 0 radical (unpaired) electrons. The van der Waals surface area contributed by atoms with E-state index in [0.29, 0.717) is 14.9 Å². The smallest absolute Gasteiger partial charge is 0.325 e. The van der Waals surface area contributed by atoms with Crippen LogP contribution in [0, 0.1) is 9.39 Å². The topological polar surface area (TPSA) is 108 Å². The highest BCUT2D eigenvalue weighted by molar-refractivity contribution is 14.1. The van der Waals surface area contributed by atoms with Gasteiger partial charge in [0.1, 0.15) is 30.3 Å². The molecule has 3 N–H and O–H groups in total. The molecule has 0 aliphatic carbocycles. The monoisotopic (exact) mass is 653 g/mol. The summed E-state index contributed by atoms with van der Waals surface area (Å²) in [6, 6.07) is 21.3. The number of amides is 4. The average Bonchev–Trinajstić information content (AvgIpc) is 3.25. The van der Waals surface area contributed by atoms with Crippen LogP contribution in [-0.4, -0.2) is 47.1 Å². The Morgan fingerprint density at radius 2 is 1.77 bits per heavy atom. The Hall–Kier alpha value is -4.03. The third kappa shape index (κ3) is 5.92. The van der Waals surface area contributed by atoms with Crippen LogP contribution in [0.3, 0.4) is 0 Å². The van der Waals surface area contributed by atoms with Gasteiger partial charge in [0.25, 0.3) is 5.91 Å². The molecule has 10 heteroatoms. The first-order valence-corrected chi connectivity index (χ1v) is 13.6. The van der Waals surface area contributed by atoms with Crippen molar-refractivity contribution in [2.24, 2.45) is 0 Å². The highest BCUT2D eigenvalue weighted by Crippen LogP contribution is 2.28. The number of nitrogens with one attached hydrogen (secondary N) is 2. The van der Waals surface area contributed by atoms with Crippen LogP contribution in [0.4, 0.5) is 14.9 Å². The number of ether oxygens (including phenoxy) is 1. The van der Waals surface area contributed by atoms with Crippen molar-refractivity contribution in [3.05, 3.63) is 105 Å². The van der Waals surface area contributed by atoms with Crippen molar-refractivity contribution in [2.45, 2.75) is 18.5 Å². The summed E-state index contributed by atoms with van der Waals surface area (Å²) in [5, 5.41) is 16.1. The molecule has 40 heavy (non-hydrogen) atoms. The Balaban J connectivity index is 1.45. The van der Waals surface area contributed by atoms with Crippen LogP contribution in [0.1, 0.15) is 17.2 Å². The molecule has 0 spiro atoms. The maximum Gasteiger partial charge on any atom is 0.325 e. The van der Waals surface area contributed by atoms with Gasteiger partial charge < -0.3 is 20.5 Å². The van der Waals surface area contributed by atoms with Gasteiger partial charge in [0.2, 0.25) is 5.91 Å². The summed E-state index contributed by atoms with van der Waals surface area (Å²) in [5.41, 5.74) is 1.19. The molecule has 2 atom stereocenters. The minimum Gasteiger partial charge on any atom is -0.491 e. The maximum atomic E-state index is 14.6. The summed E-state index contributed by atoms with van der Waals surface area (Å²) >= 11 is 1.97. The number of nitrogens with zero attached hydrogens (tertiary/aromatic N) is 1. The van der Waals surface area contributed by atoms with Crippen molar-refractivity contribution < 1.29 is 28.6 Å². The second-order valence-electron chi connectivity index (χ2n) is 9.25. The Labute approximate surface area is 243 Å². The number of aliphatic hydroxyl groups excluding tert-OH is 1. The second-order valence-corrected chi connectivity index (χ2v) is 10.5. The van der Waals surface area contributed by atoms with Gasteiger partial charge in [-0.1, -0.05) is 54.6 Å². The number of imide groups is 1. The molecule has 1 aliphatic heterocycles. The average molecular weight is 653 g/mol. The number of carbonyl (C=O) groups excluding carboxylic acids is 3. The highest BCUT2D eigenvalue weighted by atomic mass is 127. The van der Waals surface area contributed by atoms with Gasteiger partial charge in [0.15, 0.2) is 0 Å². The van der Waals surface area contributed by atoms with E-state index < -0.39 is 35.7 Å². The lowest BCUT2D eigenvalue weighted by molar-refractivity contribution is -0.134. The van der Waals surface area contributed by atoms with E-state index in [2.05, 4.69) is 10.6 Å². The molecular weight excluding hydrogens is 628 g/mol. The van der Waals surface area contributed by atoms with E-state index in [4.69, 9.17) is 9.84 Å². The number of benzene rings is 4. The molecule has 4 aromatic carbocycles. The first-order valence-electron chi connectivity index (χ1n) is 12.5. The molecule has 1 heterocycles. The van der Waals surface area contributed by atoms with Crippen molar-refractivity contribution in [2.75, 3.05) is 18.5 Å². The minimum absolute atomic E-state index is 0.0302. The molecular formula is C30H25FIN3O5. The van der Waals surface area contributed by atoms with E-state index in [9.17, 15) is 18.8 Å². The minimum atomic E-state index is -1.25. The summed E-state index contributed by atoms with van der Waals surface area (Å²) in [6.45, 7) is -0.0143. The van der Waals surface area contributed by atoms with Gasteiger partial charge >= 0.3 is 6.03 Å². The standard InChI is InChI=1S/C30H25FIN3O5/c31-24-17-22(32)9-12-25(24)33-28(37)26(16-18-5-6-19-3-1-2-4-21(19)15-18)35-29(38)27(34-30(35)39)20-7-10-23(11-8-20)40-14-13-36/h1-12,15,17,26-27,36H,13-14,16H2,(H,33,37)(H,34,39)/t26-,27+/m0/s1. The summed E-state index contributed by atoms with van der Waals surface area (Å²) < 4.78 is 20.6. The van der Waals surface area contributed by atoms with Crippen molar-refractivity contribution in [3.8, 4) is 5.75 Å². The molecule has 0 aromatic heterocycles. The van der Waals surface area contributed by atoms with Crippen LogP contribution in [0.15, 0.2) is 84.9 Å². The molecule has 0 unspecified atom stereocenters. The fourth-order valence-electron chi connectivity index (χ4n) is 4.63. The molecule has 0 saturated carbocycles. The van der Waals surface area contributed by atoms with Crippen LogP contribution in [0.25, 0.3) is 10.8 Å². The molecule has 5 rings (SSSR count). The fourth-order valence-corrected chi connectivity index (χ4v) is 5.09. The summed E-state index contributed by atoms with van der Waals surface area (Å²) in [5.74, 6) is -1.41. The van der Waals surface area contributed by atoms with Gasteiger partial charge in [-0.05, 0) is 74.8 Å². The zero-order valence-electron chi connectivity index (χ0n) is 21.1. The largest absolute Gasteiger partial charge is 0.491 e. The number of rotatable bonds is 9. The molecule has 1 saturated heterocycles. The van der Waals surface area contributed by atoms with Gasteiger partial charge in [-0.25, -0.2) is 14.1 Å². The van der Waals surface area contributed by atoms with Crippen LogP contribution < -0.4 is 15.4 Å². The number of urea groups is 1. The van der Waals surface area contributed by atoms with Crippen molar-refractivity contribution in [3.63, 3.8) is 0 Å². The zero-order chi connectivity index (χ0) is 28.2. The Morgan fingerprint density at radius 3 is 2.50 bits per heavy atom. The van der Waals surface area contributed by atoms with E-state index in [1.807, 2.05) is 65.1 Å². The van der Waals surface area contributed by atoms with Crippen LogP contribution in [0.2, 0.25) is 0 Å². The number of fused-ring (bicyclic) bond motifs is 1. The SMILES string of the molecule is O=C(Nc1ccc(I)cc1F)[C@H](Cc1ccc2ccccc2c1)N1C(=O)N[C@H](c2ccc(OCCO)cc2)C1=O. The van der Waals surface area contributed by atoms with Gasteiger partial charge in [0, 0.05) is 9.99 Å². The number of anilines is 1. The summed E-state index contributed by atoms with van der Waals surface area (Å²) in [6.07, 6.45) is 0.0302. The van der Waals surface area contributed by atoms with Crippen molar-refractivity contribution in [1.82, 2.24) is 10.2 Å². The lowest BCUT2D eigenvalue weighted by atomic mass is 9.99. The van der Waals surface area contributed by atoms with E-state index >= 15 is 0 Å². The van der Waals surface area contributed by atoms with Crippen molar-refractivity contribution in [1.29, 1.82) is 0 Å². The Bertz CT molecular complexity index is 1580. The zero-order valence-corrected chi connectivity index (χ0v) is 23.3. The van der Waals surface area contributed by atoms with Crippen LogP contribution in [-0.2, 0) is 16.0 Å². The number of aliphatic hydroxyl groups is 1. The highest BCUT2D eigenvalue weighted by Gasteiger charge is 2.45. The van der Waals surface area contributed by atoms with E-state index in [1.54, 1.807) is 30.3 Å². The van der Waals surface area contributed by atoms with Gasteiger partial charge in [-0.15, -0.1) is 0 Å². The second kappa shape index (κ2) is 12.0. The first kappa shape index (κ1) is 27.5. The summed E-state index contributed by atoms with van der Waals surface area (Å²) in [7, 11) is 0. The summed E-state index contributed by atoms with van der Waals surface area (Å²) in [4.78, 5) is 41.3. The van der Waals surface area contributed by atoms with Crippen molar-refractivity contribution >= 4 is 56.9 Å². The molecule has 1 aliphatic rings. The number of hydrogen-bond donors (Lipinski definition) is 3. The predicted molar refractivity (Wildman–Crippen MR) is 156 cm³/mol. The lowest BCUT2D eigenvalue weighted by Gasteiger charge is -2.25. The molecule has 4 amide bonds. The molecule has 1 fully saturated rings. The number of halogens is 2. The van der Waals surface area contributed by atoms with E-state index in [0.717, 1.165) is 21.2 Å². The molecule has 8 nitrogen and oxygen atoms in total. The fraction of sp³-hybridized carbons (Fsp3) is 0.167.